The number of carbonyl (C=O) groups is 1. The van der Waals surface area contributed by atoms with E-state index in [0.717, 1.165) is 5.56 Å². The summed E-state index contributed by atoms with van der Waals surface area (Å²) in [6, 6.07) is 5.47. The predicted octanol–water partition coefficient (Wildman–Crippen LogP) is 2.12. The third-order valence-electron chi connectivity index (χ3n) is 1.90. The lowest BCUT2D eigenvalue weighted by Crippen LogP contribution is -1.95. The van der Waals surface area contributed by atoms with Gasteiger partial charge in [0, 0.05) is 5.56 Å². The average molecular weight is 158 g/mol. The van der Waals surface area contributed by atoms with Crippen molar-refractivity contribution in [2.24, 2.45) is 0 Å². The summed E-state index contributed by atoms with van der Waals surface area (Å²) in [4.78, 5) is 11.0. The van der Waals surface area contributed by atoms with Crippen molar-refractivity contribution in [3.63, 3.8) is 0 Å². The van der Waals surface area contributed by atoms with E-state index >= 15 is 0 Å². The van der Waals surface area contributed by atoms with Gasteiger partial charge in [-0.1, -0.05) is 12.1 Å². The average Bonchev–Trinajstić information content (AvgIpc) is 2.08. The van der Waals surface area contributed by atoms with Gasteiger partial charge < -0.3 is 0 Å². The zero-order chi connectivity index (χ0) is 9.14. The maximum atomic E-state index is 11.0. The van der Waals surface area contributed by atoms with Crippen LogP contribution >= 0.6 is 0 Å². The first-order chi connectivity index (χ1) is 5.65. The second-order valence-electron chi connectivity index (χ2n) is 2.77. The molecule has 12 heavy (non-hydrogen) atoms. The van der Waals surface area contributed by atoms with Crippen LogP contribution in [0, 0.1) is 26.2 Å². The van der Waals surface area contributed by atoms with Crippen LogP contribution in [0.3, 0.4) is 0 Å². The highest BCUT2D eigenvalue weighted by molar-refractivity contribution is 6.08. The fraction of sp³-hybridized carbons (Fsp3) is 0.182. The highest BCUT2D eigenvalue weighted by Gasteiger charge is 2.01. The number of aryl methyl sites for hydroxylation is 2. The third kappa shape index (κ3) is 1.54. The molecule has 0 aliphatic heterocycles. The largest absolute Gasteiger partial charge is 0.279 e. The van der Waals surface area contributed by atoms with Gasteiger partial charge in [0.25, 0.3) is 0 Å². The van der Waals surface area contributed by atoms with Crippen LogP contribution in [0.5, 0.6) is 0 Å². The second kappa shape index (κ2) is 3.23. The Hall–Kier alpha value is -1.55. The molecular formula is C11H10O. The molecule has 0 amide bonds. The summed E-state index contributed by atoms with van der Waals surface area (Å²) >= 11 is 0. The van der Waals surface area contributed by atoms with Crippen LogP contribution in [0.2, 0.25) is 0 Å². The molecule has 0 aromatic heterocycles. The summed E-state index contributed by atoms with van der Waals surface area (Å²) in [5.41, 5.74) is 2.86. The van der Waals surface area contributed by atoms with Gasteiger partial charge in [-0.25, -0.2) is 0 Å². The smallest absolute Gasteiger partial charge is 0.235 e. The zero-order valence-electron chi connectivity index (χ0n) is 7.22. The molecule has 60 valence electrons. The number of hydrogen-bond donors (Lipinski definition) is 0. The third-order valence-corrected chi connectivity index (χ3v) is 1.90. The molecule has 0 radical (unpaired) electrons. The molecule has 1 aromatic rings. The minimum atomic E-state index is -0.252. The van der Waals surface area contributed by atoms with Gasteiger partial charge in [-0.15, -0.1) is 6.42 Å². The molecule has 1 rings (SSSR count). The van der Waals surface area contributed by atoms with Crippen molar-refractivity contribution in [1.29, 1.82) is 0 Å². The summed E-state index contributed by atoms with van der Waals surface area (Å²) < 4.78 is 0. The van der Waals surface area contributed by atoms with E-state index in [1.165, 1.54) is 5.56 Å². The summed E-state index contributed by atoms with van der Waals surface area (Å²) in [5.74, 6) is 1.84. The van der Waals surface area contributed by atoms with E-state index in [0.29, 0.717) is 5.56 Å². The number of rotatable bonds is 1. The Kier molecular flexibility index (Phi) is 2.30. The van der Waals surface area contributed by atoms with Gasteiger partial charge in [-0.2, -0.15) is 0 Å². The van der Waals surface area contributed by atoms with E-state index in [9.17, 15) is 4.79 Å². The molecule has 0 saturated heterocycles. The minimum Gasteiger partial charge on any atom is -0.279 e. The lowest BCUT2D eigenvalue weighted by atomic mass is 10.0. The minimum absolute atomic E-state index is 0.252. The molecule has 0 atom stereocenters. The summed E-state index contributed by atoms with van der Waals surface area (Å²) in [6.07, 6.45) is 4.99. The molecule has 1 nitrogen and oxygen atoms in total. The number of ketones is 1. The van der Waals surface area contributed by atoms with Crippen LogP contribution in [-0.4, -0.2) is 5.78 Å². The Morgan fingerprint density at radius 3 is 2.50 bits per heavy atom. The van der Waals surface area contributed by atoms with Crippen molar-refractivity contribution in [1.82, 2.24) is 0 Å². The Morgan fingerprint density at radius 1 is 1.33 bits per heavy atom. The normalized spacial score (nSPS) is 9.08. The maximum Gasteiger partial charge on any atom is 0.235 e. The summed E-state index contributed by atoms with van der Waals surface area (Å²) in [6.45, 7) is 3.96. The molecule has 0 heterocycles. The van der Waals surface area contributed by atoms with Gasteiger partial charge in [-0.05, 0) is 37.0 Å². The summed E-state index contributed by atoms with van der Waals surface area (Å²) in [5, 5.41) is 0. The van der Waals surface area contributed by atoms with E-state index in [1.807, 2.05) is 26.0 Å². The lowest BCUT2D eigenvalue weighted by molar-refractivity contribution is 0.105. The first-order valence-electron chi connectivity index (χ1n) is 3.73. The fourth-order valence-electron chi connectivity index (χ4n) is 0.966. The van der Waals surface area contributed by atoms with E-state index in [-0.39, 0.29) is 5.78 Å². The van der Waals surface area contributed by atoms with Gasteiger partial charge in [-0.3, -0.25) is 4.79 Å². The SMILES string of the molecule is C#CC(=O)c1ccc(C)c(C)c1. The van der Waals surface area contributed by atoms with E-state index in [1.54, 1.807) is 6.07 Å². The van der Waals surface area contributed by atoms with Crippen molar-refractivity contribution in [2.75, 3.05) is 0 Å². The molecular weight excluding hydrogens is 148 g/mol. The van der Waals surface area contributed by atoms with Crippen molar-refractivity contribution < 1.29 is 4.79 Å². The van der Waals surface area contributed by atoms with Crippen molar-refractivity contribution in [3.8, 4) is 12.3 Å². The number of terminal acetylenes is 1. The molecule has 0 spiro atoms. The molecule has 0 fully saturated rings. The topological polar surface area (TPSA) is 17.1 Å². The molecule has 1 aromatic carbocycles. The van der Waals surface area contributed by atoms with Crippen LogP contribution in [-0.2, 0) is 0 Å². The van der Waals surface area contributed by atoms with E-state index in [2.05, 4.69) is 5.92 Å². The van der Waals surface area contributed by atoms with Crippen LogP contribution < -0.4 is 0 Å². The first kappa shape index (κ1) is 8.55. The number of hydrogen-bond acceptors (Lipinski definition) is 1. The van der Waals surface area contributed by atoms with Crippen LogP contribution in [0.1, 0.15) is 21.5 Å². The van der Waals surface area contributed by atoms with Gasteiger partial charge in [0.15, 0.2) is 0 Å². The molecule has 0 aliphatic carbocycles. The van der Waals surface area contributed by atoms with Gasteiger partial charge in [0.05, 0.1) is 0 Å². The number of benzene rings is 1. The van der Waals surface area contributed by atoms with E-state index < -0.39 is 0 Å². The van der Waals surface area contributed by atoms with Crippen LogP contribution in [0.4, 0.5) is 0 Å². The van der Waals surface area contributed by atoms with Crippen molar-refractivity contribution in [3.05, 3.63) is 34.9 Å². The number of carbonyl (C=O) groups excluding carboxylic acids is 1. The van der Waals surface area contributed by atoms with Crippen LogP contribution in [0.15, 0.2) is 18.2 Å². The Bertz CT molecular complexity index is 356. The van der Waals surface area contributed by atoms with Crippen molar-refractivity contribution in [2.45, 2.75) is 13.8 Å². The van der Waals surface area contributed by atoms with Gasteiger partial charge >= 0.3 is 0 Å². The molecule has 0 unspecified atom stereocenters. The Morgan fingerprint density at radius 2 is 2.00 bits per heavy atom. The summed E-state index contributed by atoms with van der Waals surface area (Å²) in [7, 11) is 0. The molecule has 0 N–H and O–H groups in total. The molecule has 0 bridgehead atoms. The predicted molar refractivity (Wildman–Crippen MR) is 49.1 cm³/mol. The second-order valence-corrected chi connectivity index (χ2v) is 2.77. The molecule has 0 saturated carbocycles. The van der Waals surface area contributed by atoms with Crippen LogP contribution in [0.25, 0.3) is 0 Å². The maximum absolute atomic E-state index is 11.0. The zero-order valence-corrected chi connectivity index (χ0v) is 7.22. The molecule has 1 heteroatoms. The first-order valence-corrected chi connectivity index (χ1v) is 3.73. The Labute approximate surface area is 72.4 Å². The monoisotopic (exact) mass is 158 g/mol. The number of Topliss-reactive ketones (excluding diaryl/α,β-unsaturated/α-hetero) is 1. The molecule has 0 aliphatic rings. The highest BCUT2D eigenvalue weighted by atomic mass is 16.1. The Balaban J connectivity index is 3.15. The standard InChI is InChI=1S/C11H10O/c1-4-11(12)10-6-5-8(2)9(3)7-10/h1,5-7H,2-3H3. The van der Waals surface area contributed by atoms with Gasteiger partial charge in [0.1, 0.15) is 0 Å². The lowest BCUT2D eigenvalue weighted by Gasteiger charge is -2.00. The van der Waals surface area contributed by atoms with Crippen molar-refractivity contribution >= 4 is 5.78 Å². The highest BCUT2D eigenvalue weighted by Crippen LogP contribution is 2.09. The van der Waals surface area contributed by atoms with Gasteiger partial charge in [0.2, 0.25) is 5.78 Å². The fourth-order valence-corrected chi connectivity index (χ4v) is 0.966. The quantitative estimate of drug-likeness (QED) is 0.347. The van der Waals surface area contributed by atoms with E-state index in [4.69, 9.17) is 6.42 Å².